The van der Waals surface area contributed by atoms with Crippen LogP contribution in [0.1, 0.15) is 28.5 Å². The van der Waals surface area contributed by atoms with Crippen LogP contribution in [-0.4, -0.2) is 53.2 Å². The fourth-order valence-corrected chi connectivity index (χ4v) is 4.84. The van der Waals surface area contributed by atoms with Crippen LogP contribution in [0.3, 0.4) is 0 Å². The summed E-state index contributed by atoms with van der Waals surface area (Å²) in [6.07, 6.45) is 0. The standard InChI is InChI=1S/C31H33N5O3/c1-31(30(38)32-19-22-8-6-5-7-9-22)21-36-28(18-27(33-36)24-12-16-26(39-4)17-13-24)29(37)35(31)20-23-10-14-25(15-11-23)34(2)3/h5-18H,19-21H2,1-4H3,(H,32,38). The van der Waals surface area contributed by atoms with Gasteiger partial charge in [0, 0.05) is 38.4 Å². The number of hydrogen-bond acceptors (Lipinski definition) is 5. The van der Waals surface area contributed by atoms with Crippen molar-refractivity contribution in [3.63, 3.8) is 0 Å². The fourth-order valence-electron chi connectivity index (χ4n) is 4.84. The molecule has 3 aromatic carbocycles. The first kappa shape index (κ1) is 26.0. The average molecular weight is 524 g/mol. The Labute approximate surface area is 228 Å². The number of anilines is 1. The smallest absolute Gasteiger partial charge is 0.273 e. The highest BCUT2D eigenvalue weighted by atomic mass is 16.5. The van der Waals surface area contributed by atoms with E-state index in [0.29, 0.717) is 24.5 Å². The van der Waals surface area contributed by atoms with Crippen LogP contribution in [0.4, 0.5) is 5.69 Å². The summed E-state index contributed by atoms with van der Waals surface area (Å²) in [6, 6.07) is 27.1. The molecule has 0 spiro atoms. The minimum atomic E-state index is -1.15. The van der Waals surface area contributed by atoms with Gasteiger partial charge in [-0.2, -0.15) is 5.10 Å². The molecule has 1 aromatic heterocycles. The van der Waals surface area contributed by atoms with Gasteiger partial charge in [0.1, 0.15) is 17.0 Å². The molecule has 2 heterocycles. The van der Waals surface area contributed by atoms with Gasteiger partial charge in [0.15, 0.2) is 0 Å². The second-order valence-electron chi connectivity index (χ2n) is 10.2. The highest BCUT2D eigenvalue weighted by molar-refractivity contribution is 6.00. The molecule has 200 valence electrons. The summed E-state index contributed by atoms with van der Waals surface area (Å²) in [4.78, 5) is 31.5. The fraction of sp³-hybridized carbons (Fsp3) is 0.258. The first-order valence-corrected chi connectivity index (χ1v) is 12.9. The van der Waals surface area contributed by atoms with Crippen LogP contribution in [0.5, 0.6) is 5.75 Å². The van der Waals surface area contributed by atoms with E-state index < -0.39 is 5.54 Å². The molecule has 1 N–H and O–H groups in total. The van der Waals surface area contributed by atoms with Crippen molar-refractivity contribution < 1.29 is 14.3 Å². The van der Waals surface area contributed by atoms with Gasteiger partial charge in [-0.15, -0.1) is 0 Å². The summed E-state index contributed by atoms with van der Waals surface area (Å²) >= 11 is 0. The molecule has 0 aliphatic carbocycles. The molecule has 0 saturated heterocycles. The van der Waals surface area contributed by atoms with Crippen molar-refractivity contribution >= 4 is 17.5 Å². The number of nitrogens with zero attached hydrogens (tertiary/aromatic N) is 4. The molecule has 8 nitrogen and oxygen atoms in total. The first-order chi connectivity index (χ1) is 18.8. The number of fused-ring (bicyclic) bond motifs is 1. The van der Waals surface area contributed by atoms with Crippen molar-refractivity contribution in [2.45, 2.75) is 32.1 Å². The summed E-state index contributed by atoms with van der Waals surface area (Å²) in [5.41, 5.74) is 3.84. The SMILES string of the molecule is COc1ccc(-c2cc3n(n2)CC(C)(C(=O)NCc2ccccc2)N(Cc2ccc(N(C)C)cc2)C3=O)cc1. The second kappa shape index (κ2) is 10.6. The molecule has 0 radical (unpaired) electrons. The summed E-state index contributed by atoms with van der Waals surface area (Å²) < 4.78 is 6.93. The van der Waals surface area contributed by atoms with Crippen molar-refractivity contribution in [1.82, 2.24) is 20.0 Å². The van der Waals surface area contributed by atoms with Crippen LogP contribution < -0.4 is 15.0 Å². The molecular weight excluding hydrogens is 490 g/mol. The lowest BCUT2D eigenvalue weighted by Crippen LogP contribution is -2.63. The third kappa shape index (κ3) is 5.23. The Hall–Kier alpha value is -4.59. The van der Waals surface area contributed by atoms with Crippen molar-refractivity contribution in [3.05, 3.63) is 102 Å². The summed E-state index contributed by atoms with van der Waals surface area (Å²) in [7, 11) is 5.59. The van der Waals surface area contributed by atoms with Crippen molar-refractivity contribution in [2.24, 2.45) is 0 Å². The van der Waals surface area contributed by atoms with Crippen LogP contribution in [0.25, 0.3) is 11.3 Å². The number of ether oxygens (including phenoxy) is 1. The van der Waals surface area contributed by atoms with E-state index in [0.717, 1.165) is 28.1 Å². The second-order valence-corrected chi connectivity index (χ2v) is 10.2. The average Bonchev–Trinajstić information content (AvgIpc) is 3.38. The lowest BCUT2D eigenvalue weighted by molar-refractivity contribution is -0.133. The number of hydrogen-bond donors (Lipinski definition) is 1. The Kier molecular flexibility index (Phi) is 7.11. The highest BCUT2D eigenvalue weighted by Gasteiger charge is 2.48. The molecule has 4 aromatic rings. The highest BCUT2D eigenvalue weighted by Crippen LogP contribution is 2.32. The van der Waals surface area contributed by atoms with E-state index in [-0.39, 0.29) is 18.4 Å². The van der Waals surface area contributed by atoms with Gasteiger partial charge < -0.3 is 19.9 Å². The Morgan fingerprint density at radius 2 is 1.69 bits per heavy atom. The lowest BCUT2D eigenvalue weighted by Gasteiger charge is -2.43. The van der Waals surface area contributed by atoms with Crippen LogP contribution in [0, 0.1) is 0 Å². The van der Waals surface area contributed by atoms with E-state index >= 15 is 0 Å². The molecule has 0 fully saturated rings. The molecule has 0 bridgehead atoms. The van der Waals surface area contributed by atoms with E-state index in [1.165, 1.54) is 0 Å². The van der Waals surface area contributed by atoms with Gasteiger partial charge in [-0.3, -0.25) is 14.3 Å². The van der Waals surface area contributed by atoms with Gasteiger partial charge >= 0.3 is 0 Å². The van der Waals surface area contributed by atoms with E-state index in [2.05, 4.69) is 5.32 Å². The van der Waals surface area contributed by atoms with Gasteiger partial charge in [0.25, 0.3) is 5.91 Å². The lowest BCUT2D eigenvalue weighted by atomic mass is 9.94. The van der Waals surface area contributed by atoms with Crippen LogP contribution in [0.15, 0.2) is 84.9 Å². The summed E-state index contributed by atoms with van der Waals surface area (Å²) in [5.74, 6) is 0.284. The van der Waals surface area contributed by atoms with Gasteiger partial charge in [-0.1, -0.05) is 42.5 Å². The molecule has 2 amide bonds. The third-order valence-electron chi connectivity index (χ3n) is 7.26. The van der Waals surface area contributed by atoms with Crippen LogP contribution in [-0.2, 0) is 24.4 Å². The van der Waals surface area contributed by atoms with Crippen molar-refractivity contribution in [2.75, 3.05) is 26.1 Å². The summed E-state index contributed by atoms with van der Waals surface area (Å²) in [6.45, 7) is 2.72. The maximum Gasteiger partial charge on any atom is 0.273 e. The van der Waals surface area contributed by atoms with Crippen LogP contribution in [0.2, 0.25) is 0 Å². The normalized spacial score (nSPS) is 16.5. The number of nitrogens with one attached hydrogen (secondary N) is 1. The van der Waals surface area contributed by atoms with E-state index in [9.17, 15) is 9.59 Å². The van der Waals surface area contributed by atoms with Gasteiger partial charge in [-0.05, 0) is 60.5 Å². The van der Waals surface area contributed by atoms with E-state index in [1.807, 2.05) is 105 Å². The molecule has 8 heteroatoms. The number of rotatable bonds is 8. The molecule has 1 aliphatic rings. The first-order valence-electron chi connectivity index (χ1n) is 12.9. The Morgan fingerprint density at radius 3 is 2.33 bits per heavy atom. The Balaban J connectivity index is 1.48. The topological polar surface area (TPSA) is 79.7 Å². The van der Waals surface area contributed by atoms with Gasteiger partial charge in [-0.25, -0.2) is 0 Å². The number of benzene rings is 3. The largest absolute Gasteiger partial charge is 0.497 e. The zero-order valence-corrected chi connectivity index (χ0v) is 22.7. The number of amides is 2. The monoisotopic (exact) mass is 523 g/mol. The molecule has 39 heavy (non-hydrogen) atoms. The zero-order valence-electron chi connectivity index (χ0n) is 22.7. The molecule has 1 aliphatic heterocycles. The van der Waals surface area contributed by atoms with Crippen molar-refractivity contribution in [1.29, 1.82) is 0 Å². The van der Waals surface area contributed by atoms with Gasteiger partial charge in [0.2, 0.25) is 5.91 Å². The minimum Gasteiger partial charge on any atom is -0.497 e. The Morgan fingerprint density at radius 1 is 1.00 bits per heavy atom. The van der Waals surface area contributed by atoms with E-state index in [1.54, 1.807) is 22.8 Å². The number of carbonyl (C=O) groups excluding carboxylic acids is 2. The van der Waals surface area contributed by atoms with Gasteiger partial charge in [0.05, 0.1) is 19.3 Å². The maximum absolute atomic E-state index is 14.0. The predicted molar refractivity (Wildman–Crippen MR) is 152 cm³/mol. The number of methoxy groups -OCH3 is 1. The molecule has 5 rings (SSSR count). The molecular formula is C31H33N5O3. The molecule has 1 atom stereocenters. The van der Waals surface area contributed by atoms with E-state index in [4.69, 9.17) is 9.84 Å². The molecule has 0 saturated carbocycles. The third-order valence-corrected chi connectivity index (χ3v) is 7.26. The quantitative estimate of drug-likeness (QED) is 0.371. The maximum atomic E-state index is 14.0. The zero-order chi connectivity index (χ0) is 27.6. The summed E-state index contributed by atoms with van der Waals surface area (Å²) in [5, 5.41) is 7.80. The van der Waals surface area contributed by atoms with Crippen molar-refractivity contribution in [3.8, 4) is 17.0 Å². The predicted octanol–water partition coefficient (Wildman–Crippen LogP) is 4.36. The Bertz CT molecular complexity index is 1460. The van der Waals surface area contributed by atoms with Crippen LogP contribution >= 0.6 is 0 Å². The number of carbonyl (C=O) groups is 2. The minimum absolute atomic E-state index is 0.225. The number of aromatic nitrogens is 2. The molecule has 1 unspecified atom stereocenters.